The third kappa shape index (κ3) is 2.04. The fraction of sp³-hybridized carbons (Fsp3) is 0.455. The third-order valence-electron chi connectivity index (χ3n) is 2.66. The van der Waals surface area contributed by atoms with Gasteiger partial charge in [0.25, 0.3) is 0 Å². The second-order valence-corrected chi connectivity index (χ2v) is 3.72. The first-order valence-corrected chi connectivity index (χ1v) is 4.55. The summed E-state index contributed by atoms with van der Waals surface area (Å²) in [5.74, 6) is 0.768. The van der Waals surface area contributed by atoms with Crippen molar-refractivity contribution < 1.29 is 0 Å². The molecular weight excluding hydrogens is 182 g/mol. The minimum atomic E-state index is 0. The van der Waals surface area contributed by atoms with Gasteiger partial charge in [-0.05, 0) is 25.0 Å². The third-order valence-corrected chi connectivity index (χ3v) is 2.66. The number of hydrogen-bond donors (Lipinski definition) is 1. The van der Waals surface area contributed by atoms with Crippen molar-refractivity contribution in [3.8, 4) is 0 Å². The molecule has 1 N–H and O–H groups in total. The van der Waals surface area contributed by atoms with Crippen LogP contribution in [0, 0.1) is 13.8 Å². The van der Waals surface area contributed by atoms with Crippen LogP contribution in [0.3, 0.4) is 0 Å². The SMILES string of the molecule is Cc1ccc(C)c(C2CNC2)c1.Cl. The molecule has 0 unspecified atom stereocenters. The standard InChI is InChI=1S/C11H15N.ClH/c1-8-3-4-9(2)11(5-8)10-6-12-7-10;/h3-5,10,12H,6-7H2,1-2H3;1H. The van der Waals surface area contributed by atoms with Gasteiger partial charge in [0.15, 0.2) is 0 Å². The summed E-state index contributed by atoms with van der Waals surface area (Å²) in [6.07, 6.45) is 0. The largest absolute Gasteiger partial charge is 0.315 e. The lowest BCUT2D eigenvalue weighted by atomic mass is 9.89. The summed E-state index contributed by atoms with van der Waals surface area (Å²) in [7, 11) is 0. The normalized spacial score (nSPS) is 16.2. The van der Waals surface area contributed by atoms with Crippen LogP contribution in [-0.4, -0.2) is 13.1 Å². The zero-order valence-electron chi connectivity index (χ0n) is 8.13. The maximum Gasteiger partial charge on any atom is 0.00912 e. The summed E-state index contributed by atoms with van der Waals surface area (Å²) in [5.41, 5.74) is 4.35. The van der Waals surface area contributed by atoms with Gasteiger partial charge in [0.2, 0.25) is 0 Å². The molecule has 0 bridgehead atoms. The summed E-state index contributed by atoms with van der Waals surface area (Å²) >= 11 is 0. The van der Waals surface area contributed by atoms with Gasteiger partial charge in [-0.1, -0.05) is 23.8 Å². The van der Waals surface area contributed by atoms with Crippen molar-refractivity contribution in [2.24, 2.45) is 0 Å². The molecule has 13 heavy (non-hydrogen) atoms. The van der Waals surface area contributed by atoms with Crippen molar-refractivity contribution in [2.45, 2.75) is 19.8 Å². The Balaban J connectivity index is 0.000000845. The lowest BCUT2D eigenvalue weighted by molar-refractivity contribution is 0.447. The number of nitrogens with one attached hydrogen (secondary N) is 1. The molecule has 2 rings (SSSR count). The van der Waals surface area contributed by atoms with Crippen LogP contribution in [0.2, 0.25) is 0 Å². The van der Waals surface area contributed by atoms with E-state index in [0.29, 0.717) is 0 Å². The molecule has 0 radical (unpaired) electrons. The molecule has 1 aliphatic rings. The van der Waals surface area contributed by atoms with E-state index in [1.54, 1.807) is 0 Å². The molecule has 0 atom stereocenters. The molecule has 0 saturated carbocycles. The van der Waals surface area contributed by atoms with Gasteiger partial charge in [-0.3, -0.25) is 0 Å². The van der Waals surface area contributed by atoms with Crippen molar-refractivity contribution >= 4 is 12.4 Å². The summed E-state index contributed by atoms with van der Waals surface area (Å²) in [6, 6.07) is 6.73. The molecule has 72 valence electrons. The predicted octanol–water partition coefficient (Wildman–Crippen LogP) is 2.41. The van der Waals surface area contributed by atoms with Gasteiger partial charge in [-0.25, -0.2) is 0 Å². The van der Waals surface area contributed by atoms with Gasteiger partial charge in [0.05, 0.1) is 0 Å². The Labute approximate surface area is 86.0 Å². The lowest BCUT2D eigenvalue weighted by Gasteiger charge is -2.29. The van der Waals surface area contributed by atoms with Crippen LogP contribution in [0.25, 0.3) is 0 Å². The number of aryl methyl sites for hydroxylation is 2. The molecule has 1 aromatic carbocycles. The zero-order valence-corrected chi connectivity index (χ0v) is 8.95. The highest BCUT2D eigenvalue weighted by atomic mass is 35.5. The van der Waals surface area contributed by atoms with Gasteiger partial charge in [-0.15, -0.1) is 12.4 Å². The van der Waals surface area contributed by atoms with Crippen LogP contribution in [0.1, 0.15) is 22.6 Å². The molecule has 1 saturated heterocycles. The molecule has 1 heterocycles. The fourth-order valence-corrected chi connectivity index (χ4v) is 1.71. The van der Waals surface area contributed by atoms with Crippen LogP contribution in [0.5, 0.6) is 0 Å². The van der Waals surface area contributed by atoms with Gasteiger partial charge >= 0.3 is 0 Å². The van der Waals surface area contributed by atoms with Crippen LogP contribution in [-0.2, 0) is 0 Å². The molecule has 1 nitrogen and oxygen atoms in total. The first-order chi connectivity index (χ1) is 5.77. The van der Waals surface area contributed by atoms with Crippen molar-refractivity contribution in [3.63, 3.8) is 0 Å². The van der Waals surface area contributed by atoms with E-state index in [0.717, 1.165) is 19.0 Å². The first kappa shape index (κ1) is 10.6. The van der Waals surface area contributed by atoms with E-state index in [4.69, 9.17) is 0 Å². The monoisotopic (exact) mass is 197 g/mol. The average molecular weight is 198 g/mol. The van der Waals surface area contributed by atoms with Gasteiger partial charge < -0.3 is 5.32 Å². The molecule has 1 aliphatic heterocycles. The molecule has 0 amide bonds. The molecule has 0 spiro atoms. The minimum absolute atomic E-state index is 0. The maximum atomic E-state index is 3.31. The minimum Gasteiger partial charge on any atom is -0.315 e. The summed E-state index contributed by atoms with van der Waals surface area (Å²) in [6.45, 7) is 6.68. The molecule has 0 aromatic heterocycles. The fourth-order valence-electron chi connectivity index (χ4n) is 1.71. The highest BCUT2D eigenvalue weighted by Crippen LogP contribution is 2.23. The number of halogens is 1. The summed E-state index contributed by atoms with van der Waals surface area (Å²) < 4.78 is 0. The highest BCUT2D eigenvalue weighted by molar-refractivity contribution is 5.85. The quantitative estimate of drug-likeness (QED) is 0.729. The number of hydrogen-bond acceptors (Lipinski definition) is 1. The summed E-state index contributed by atoms with van der Waals surface area (Å²) in [5, 5.41) is 3.31. The van der Waals surface area contributed by atoms with Crippen LogP contribution in [0.15, 0.2) is 18.2 Å². The Morgan fingerprint density at radius 3 is 2.46 bits per heavy atom. The zero-order chi connectivity index (χ0) is 8.55. The highest BCUT2D eigenvalue weighted by Gasteiger charge is 2.19. The van der Waals surface area contributed by atoms with E-state index < -0.39 is 0 Å². The number of rotatable bonds is 1. The smallest absolute Gasteiger partial charge is 0.00912 e. The Hall–Kier alpha value is -0.530. The van der Waals surface area contributed by atoms with Crippen molar-refractivity contribution in [1.82, 2.24) is 5.32 Å². The van der Waals surface area contributed by atoms with Crippen molar-refractivity contribution in [3.05, 3.63) is 34.9 Å². The van der Waals surface area contributed by atoms with Gasteiger partial charge in [0.1, 0.15) is 0 Å². The van der Waals surface area contributed by atoms with Crippen molar-refractivity contribution in [1.29, 1.82) is 0 Å². The number of benzene rings is 1. The van der Waals surface area contributed by atoms with Crippen LogP contribution < -0.4 is 5.32 Å². The van der Waals surface area contributed by atoms with E-state index in [1.807, 2.05) is 0 Å². The van der Waals surface area contributed by atoms with E-state index >= 15 is 0 Å². The molecule has 2 heteroatoms. The Bertz CT molecular complexity index is 292. The second kappa shape index (κ2) is 4.12. The summed E-state index contributed by atoms with van der Waals surface area (Å²) in [4.78, 5) is 0. The maximum absolute atomic E-state index is 3.31. The van der Waals surface area contributed by atoms with E-state index in [2.05, 4.69) is 37.4 Å². The Kier molecular flexibility index (Phi) is 3.34. The van der Waals surface area contributed by atoms with E-state index in [1.165, 1.54) is 16.7 Å². The molecular formula is C11H16ClN. The molecule has 1 aromatic rings. The second-order valence-electron chi connectivity index (χ2n) is 3.72. The van der Waals surface area contributed by atoms with E-state index in [-0.39, 0.29) is 12.4 Å². The Morgan fingerprint density at radius 1 is 1.23 bits per heavy atom. The van der Waals surface area contributed by atoms with Gasteiger partial charge in [0, 0.05) is 19.0 Å². The predicted molar refractivity (Wildman–Crippen MR) is 58.8 cm³/mol. The Morgan fingerprint density at radius 2 is 1.92 bits per heavy atom. The van der Waals surface area contributed by atoms with Crippen molar-refractivity contribution in [2.75, 3.05) is 13.1 Å². The first-order valence-electron chi connectivity index (χ1n) is 4.55. The van der Waals surface area contributed by atoms with Crippen LogP contribution in [0.4, 0.5) is 0 Å². The van der Waals surface area contributed by atoms with Crippen LogP contribution >= 0.6 is 12.4 Å². The topological polar surface area (TPSA) is 12.0 Å². The molecule has 1 fully saturated rings. The molecule has 0 aliphatic carbocycles. The lowest BCUT2D eigenvalue weighted by Crippen LogP contribution is -2.40. The van der Waals surface area contributed by atoms with Gasteiger partial charge in [-0.2, -0.15) is 0 Å². The average Bonchev–Trinajstić information content (AvgIpc) is 1.93. The van der Waals surface area contributed by atoms with E-state index in [9.17, 15) is 0 Å².